The van der Waals surface area contributed by atoms with Crippen LogP contribution in [0, 0.1) is 0 Å². The van der Waals surface area contributed by atoms with E-state index in [9.17, 15) is 5.11 Å². The van der Waals surface area contributed by atoms with Crippen LogP contribution < -0.4 is 10.1 Å². The van der Waals surface area contributed by atoms with Crippen molar-refractivity contribution >= 4 is 5.82 Å². The summed E-state index contributed by atoms with van der Waals surface area (Å²) in [5, 5.41) is 12.8. The molecule has 0 aliphatic heterocycles. The Labute approximate surface area is 103 Å². The van der Waals surface area contributed by atoms with E-state index >= 15 is 0 Å². The van der Waals surface area contributed by atoms with E-state index in [4.69, 9.17) is 4.74 Å². The third-order valence-electron chi connectivity index (χ3n) is 1.83. The first-order valence-corrected chi connectivity index (χ1v) is 5.75. The van der Waals surface area contributed by atoms with Gasteiger partial charge in [-0.1, -0.05) is 0 Å². The van der Waals surface area contributed by atoms with Crippen molar-refractivity contribution in [2.45, 2.75) is 45.8 Å². The van der Waals surface area contributed by atoms with E-state index in [0.717, 1.165) is 5.82 Å². The number of nitrogens with one attached hydrogen (secondary N) is 1. The van der Waals surface area contributed by atoms with E-state index in [2.05, 4.69) is 31.1 Å². The number of nitrogens with zero attached hydrogens (tertiary/aromatic N) is 1. The van der Waals surface area contributed by atoms with Crippen LogP contribution in [0.1, 0.15) is 34.6 Å². The van der Waals surface area contributed by atoms with Crippen LogP contribution in [-0.4, -0.2) is 27.8 Å². The molecular weight excluding hydrogens is 216 g/mol. The third kappa shape index (κ3) is 6.12. The van der Waals surface area contributed by atoms with Gasteiger partial charge in [-0.3, -0.25) is 0 Å². The molecule has 0 saturated heterocycles. The molecule has 96 valence electrons. The Morgan fingerprint density at radius 2 is 1.88 bits per heavy atom. The lowest BCUT2D eigenvalue weighted by atomic mass is 10.1. The number of rotatable bonds is 4. The zero-order valence-electron chi connectivity index (χ0n) is 11.2. The summed E-state index contributed by atoms with van der Waals surface area (Å²) >= 11 is 0. The monoisotopic (exact) mass is 238 g/mol. The van der Waals surface area contributed by atoms with Crippen LogP contribution >= 0.6 is 0 Å². The van der Waals surface area contributed by atoms with Crippen molar-refractivity contribution in [1.82, 2.24) is 4.98 Å². The minimum absolute atomic E-state index is 0.0114. The third-order valence-corrected chi connectivity index (χ3v) is 1.83. The number of aromatic nitrogens is 1. The zero-order chi connectivity index (χ0) is 13.1. The molecule has 1 heterocycles. The molecule has 0 spiro atoms. The minimum Gasteiger partial charge on any atom is -0.489 e. The molecule has 0 fully saturated rings. The van der Waals surface area contributed by atoms with Crippen LogP contribution in [0.2, 0.25) is 0 Å². The maximum atomic E-state index is 9.53. The second-order valence-corrected chi connectivity index (χ2v) is 5.86. The van der Waals surface area contributed by atoms with Crippen LogP contribution in [0.3, 0.4) is 0 Å². The molecule has 0 saturated carbocycles. The molecule has 0 amide bonds. The second-order valence-electron chi connectivity index (χ2n) is 5.86. The topological polar surface area (TPSA) is 54.4 Å². The number of hydrogen-bond acceptors (Lipinski definition) is 4. The van der Waals surface area contributed by atoms with E-state index in [1.807, 2.05) is 12.1 Å². The Morgan fingerprint density at radius 1 is 1.24 bits per heavy atom. The van der Waals surface area contributed by atoms with Crippen molar-refractivity contribution in [3.63, 3.8) is 0 Å². The fraction of sp³-hybridized carbons (Fsp3) is 0.615. The Balaban J connectivity index is 2.56. The van der Waals surface area contributed by atoms with Gasteiger partial charge in [0.1, 0.15) is 18.2 Å². The van der Waals surface area contributed by atoms with Gasteiger partial charge in [-0.15, -0.1) is 0 Å². The van der Waals surface area contributed by atoms with E-state index < -0.39 is 5.60 Å². The summed E-state index contributed by atoms with van der Waals surface area (Å²) in [6.07, 6.45) is 1.65. The van der Waals surface area contributed by atoms with Crippen LogP contribution in [0.15, 0.2) is 18.3 Å². The van der Waals surface area contributed by atoms with Crippen molar-refractivity contribution < 1.29 is 9.84 Å². The van der Waals surface area contributed by atoms with Gasteiger partial charge in [-0.25, -0.2) is 4.98 Å². The summed E-state index contributed by atoms with van der Waals surface area (Å²) in [6, 6.07) is 3.71. The molecule has 0 atom stereocenters. The summed E-state index contributed by atoms with van der Waals surface area (Å²) in [5.41, 5.74) is -0.842. The molecule has 1 rings (SSSR count). The summed E-state index contributed by atoms with van der Waals surface area (Å²) in [4.78, 5) is 4.25. The summed E-state index contributed by atoms with van der Waals surface area (Å²) in [7, 11) is 0. The van der Waals surface area contributed by atoms with Crippen molar-refractivity contribution in [3.05, 3.63) is 18.3 Å². The van der Waals surface area contributed by atoms with Gasteiger partial charge in [0.2, 0.25) is 0 Å². The highest BCUT2D eigenvalue weighted by atomic mass is 16.5. The fourth-order valence-corrected chi connectivity index (χ4v) is 1.18. The van der Waals surface area contributed by atoms with Crippen molar-refractivity contribution in [2.75, 3.05) is 11.9 Å². The number of aliphatic hydroxyl groups is 1. The van der Waals surface area contributed by atoms with E-state index in [0.29, 0.717) is 5.75 Å². The minimum atomic E-state index is -0.831. The second kappa shape index (κ2) is 4.92. The van der Waals surface area contributed by atoms with Gasteiger partial charge in [0.25, 0.3) is 0 Å². The molecule has 2 N–H and O–H groups in total. The van der Waals surface area contributed by atoms with Gasteiger partial charge < -0.3 is 15.2 Å². The number of pyridine rings is 1. The Bertz CT molecular complexity index is 347. The largest absolute Gasteiger partial charge is 0.489 e. The fourth-order valence-electron chi connectivity index (χ4n) is 1.18. The lowest BCUT2D eigenvalue weighted by molar-refractivity contribution is 0.0284. The lowest BCUT2D eigenvalue weighted by Crippen LogP contribution is -2.28. The molecule has 0 bridgehead atoms. The molecule has 17 heavy (non-hydrogen) atoms. The molecule has 0 radical (unpaired) electrons. The van der Waals surface area contributed by atoms with Gasteiger partial charge in [-0.05, 0) is 46.8 Å². The van der Waals surface area contributed by atoms with Gasteiger partial charge in [-0.2, -0.15) is 0 Å². The maximum absolute atomic E-state index is 9.53. The molecule has 4 nitrogen and oxygen atoms in total. The first-order chi connectivity index (χ1) is 7.66. The van der Waals surface area contributed by atoms with E-state index in [1.54, 1.807) is 20.0 Å². The standard InChI is InChI=1S/C13H22N2O2/c1-12(2,3)15-11-7-6-10(8-14-11)17-9-13(4,5)16/h6-8,16H,9H2,1-5H3,(H,14,15). The predicted octanol–water partition coefficient (Wildman–Crippen LogP) is 2.44. The van der Waals surface area contributed by atoms with E-state index in [1.165, 1.54) is 0 Å². The van der Waals surface area contributed by atoms with E-state index in [-0.39, 0.29) is 12.1 Å². The van der Waals surface area contributed by atoms with Crippen LogP contribution in [-0.2, 0) is 0 Å². The van der Waals surface area contributed by atoms with Gasteiger partial charge in [0.05, 0.1) is 11.8 Å². The van der Waals surface area contributed by atoms with Gasteiger partial charge >= 0.3 is 0 Å². The molecule has 4 heteroatoms. The van der Waals surface area contributed by atoms with Gasteiger partial charge in [0, 0.05) is 5.54 Å². The highest BCUT2D eigenvalue weighted by Gasteiger charge is 2.14. The summed E-state index contributed by atoms with van der Waals surface area (Å²) in [5.74, 6) is 1.47. The zero-order valence-corrected chi connectivity index (χ0v) is 11.2. The smallest absolute Gasteiger partial charge is 0.137 e. The summed E-state index contributed by atoms with van der Waals surface area (Å²) in [6.45, 7) is 9.89. The average molecular weight is 238 g/mol. The molecule has 1 aromatic heterocycles. The quantitative estimate of drug-likeness (QED) is 0.846. The number of anilines is 1. The SMILES string of the molecule is CC(C)(O)COc1ccc(NC(C)(C)C)nc1. The first-order valence-electron chi connectivity index (χ1n) is 5.75. The molecule has 0 aliphatic rings. The molecule has 0 aliphatic carbocycles. The number of ether oxygens (including phenoxy) is 1. The first kappa shape index (κ1) is 13.8. The predicted molar refractivity (Wildman–Crippen MR) is 69.4 cm³/mol. The molecular formula is C13H22N2O2. The molecule has 0 unspecified atom stereocenters. The van der Waals surface area contributed by atoms with Gasteiger partial charge in [0.15, 0.2) is 0 Å². The highest BCUT2D eigenvalue weighted by Crippen LogP contribution is 2.16. The normalized spacial score (nSPS) is 12.4. The average Bonchev–Trinajstić information content (AvgIpc) is 2.13. The Morgan fingerprint density at radius 3 is 2.29 bits per heavy atom. The van der Waals surface area contributed by atoms with Crippen molar-refractivity contribution in [3.8, 4) is 5.75 Å². The summed E-state index contributed by atoms with van der Waals surface area (Å²) < 4.78 is 5.42. The lowest BCUT2D eigenvalue weighted by Gasteiger charge is -2.21. The van der Waals surface area contributed by atoms with Crippen molar-refractivity contribution in [1.29, 1.82) is 0 Å². The van der Waals surface area contributed by atoms with Crippen LogP contribution in [0.4, 0.5) is 5.82 Å². The number of hydrogen-bond donors (Lipinski definition) is 2. The Kier molecular flexibility index (Phi) is 3.98. The van der Waals surface area contributed by atoms with Crippen LogP contribution in [0.25, 0.3) is 0 Å². The maximum Gasteiger partial charge on any atom is 0.137 e. The Hall–Kier alpha value is -1.29. The molecule has 0 aromatic carbocycles. The molecule has 1 aromatic rings. The van der Waals surface area contributed by atoms with Crippen LogP contribution in [0.5, 0.6) is 5.75 Å². The highest BCUT2D eigenvalue weighted by molar-refractivity contribution is 5.39. The van der Waals surface area contributed by atoms with Crippen molar-refractivity contribution in [2.24, 2.45) is 0 Å².